The molecule has 0 radical (unpaired) electrons. The van der Waals surface area contributed by atoms with Crippen LogP contribution in [0.15, 0.2) is 42.5 Å². The van der Waals surface area contributed by atoms with Gasteiger partial charge in [-0.3, -0.25) is 4.79 Å². The van der Waals surface area contributed by atoms with Gasteiger partial charge in [-0.05, 0) is 35.9 Å². The van der Waals surface area contributed by atoms with Crippen molar-refractivity contribution in [3.8, 4) is 23.1 Å². The van der Waals surface area contributed by atoms with Gasteiger partial charge in [0, 0.05) is 23.6 Å². The third-order valence-electron chi connectivity index (χ3n) is 4.08. The van der Waals surface area contributed by atoms with E-state index in [1.807, 2.05) is 41.9 Å². The summed E-state index contributed by atoms with van der Waals surface area (Å²) in [7, 11) is 3.53. The molecule has 1 N–H and O–H groups in total. The van der Waals surface area contributed by atoms with Crippen LogP contribution in [0, 0.1) is 11.3 Å². The highest BCUT2D eigenvalue weighted by Crippen LogP contribution is 2.34. The number of benzene rings is 2. The zero-order valence-corrected chi connectivity index (χ0v) is 14.6. The van der Waals surface area contributed by atoms with Gasteiger partial charge in [-0.1, -0.05) is 12.1 Å². The number of fused-ring (bicyclic) bond motifs is 1. The molecule has 2 aromatic carbocycles. The lowest BCUT2D eigenvalue weighted by atomic mass is 10.1. The molecule has 25 heavy (non-hydrogen) atoms. The molecule has 0 saturated heterocycles. The number of aromatic nitrogens is 1. The van der Waals surface area contributed by atoms with E-state index >= 15 is 0 Å². The molecule has 126 valence electrons. The number of aryl methyl sites for hydroxylation is 1. The van der Waals surface area contributed by atoms with Crippen molar-refractivity contribution < 1.29 is 9.53 Å². The van der Waals surface area contributed by atoms with Crippen molar-refractivity contribution >= 4 is 34.1 Å². The lowest BCUT2D eigenvalue weighted by Gasteiger charge is -2.07. The van der Waals surface area contributed by atoms with Crippen LogP contribution in [0.2, 0.25) is 0 Å². The Morgan fingerprint density at radius 1 is 1.28 bits per heavy atom. The maximum Gasteiger partial charge on any atom is 0.239 e. The Balaban J connectivity index is 2.10. The first-order valence-corrected chi connectivity index (χ1v) is 8.15. The van der Waals surface area contributed by atoms with E-state index < -0.39 is 0 Å². The minimum Gasteiger partial charge on any atom is -0.497 e. The van der Waals surface area contributed by atoms with E-state index in [2.05, 4.69) is 11.4 Å². The number of hydrogen-bond donors (Lipinski definition) is 1. The number of nitrogens with zero attached hydrogens (tertiary/aromatic N) is 2. The molecule has 6 heteroatoms. The van der Waals surface area contributed by atoms with Gasteiger partial charge in [0.05, 0.1) is 18.4 Å². The zero-order valence-electron chi connectivity index (χ0n) is 13.8. The average Bonchev–Trinajstić information content (AvgIpc) is 2.93. The number of nitrogens with one attached hydrogen (secondary N) is 1. The molecule has 0 aliphatic carbocycles. The van der Waals surface area contributed by atoms with Gasteiger partial charge in [-0.25, -0.2) is 0 Å². The van der Waals surface area contributed by atoms with Gasteiger partial charge in [0.1, 0.15) is 17.7 Å². The van der Waals surface area contributed by atoms with Gasteiger partial charge >= 0.3 is 0 Å². The lowest BCUT2D eigenvalue weighted by Crippen LogP contribution is -2.12. The van der Waals surface area contributed by atoms with E-state index in [1.54, 1.807) is 19.2 Å². The van der Waals surface area contributed by atoms with Crippen LogP contribution in [0.5, 0.6) is 5.75 Å². The Morgan fingerprint density at radius 2 is 2.00 bits per heavy atom. The Kier molecular flexibility index (Phi) is 4.64. The summed E-state index contributed by atoms with van der Waals surface area (Å²) in [5, 5.41) is 13.2. The van der Waals surface area contributed by atoms with E-state index in [1.165, 1.54) is 0 Å². The maximum atomic E-state index is 11.4. The summed E-state index contributed by atoms with van der Waals surface area (Å²) >= 11 is 5.50. The van der Waals surface area contributed by atoms with Crippen LogP contribution in [-0.4, -0.2) is 23.5 Å². The summed E-state index contributed by atoms with van der Waals surface area (Å²) < 4.78 is 7.26. The van der Waals surface area contributed by atoms with Crippen LogP contribution in [0.3, 0.4) is 0 Å². The second-order valence-electron chi connectivity index (χ2n) is 5.54. The third-order valence-corrected chi connectivity index (χ3v) is 4.32. The second kappa shape index (κ2) is 6.88. The van der Waals surface area contributed by atoms with Crippen molar-refractivity contribution in [2.24, 2.45) is 7.05 Å². The van der Waals surface area contributed by atoms with Crippen LogP contribution < -0.4 is 10.1 Å². The number of methoxy groups -OCH3 is 1. The molecule has 0 unspecified atom stereocenters. The highest BCUT2D eigenvalue weighted by molar-refractivity contribution is 6.29. The molecule has 0 aliphatic rings. The molecule has 1 heterocycles. The Morgan fingerprint density at radius 3 is 2.60 bits per heavy atom. The predicted octanol–water partition coefficient (Wildman–Crippen LogP) is 3.90. The number of anilines is 1. The summed E-state index contributed by atoms with van der Waals surface area (Å²) in [5.74, 6) is 0.356. The highest BCUT2D eigenvalue weighted by Gasteiger charge is 2.17. The largest absolute Gasteiger partial charge is 0.497 e. The normalized spacial score (nSPS) is 10.5. The maximum absolute atomic E-state index is 11.4. The first-order chi connectivity index (χ1) is 12.1. The fourth-order valence-corrected chi connectivity index (χ4v) is 2.97. The molecule has 3 aromatic rings. The number of amides is 1. The Bertz CT molecular complexity index is 985. The molecule has 3 rings (SSSR count). The minimum atomic E-state index is -0.260. The number of carbonyl (C=O) groups excluding carboxylic acids is 1. The van der Waals surface area contributed by atoms with Crippen molar-refractivity contribution in [3.63, 3.8) is 0 Å². The molecule has 0 bridgehead atoms. The predicted molar refractivity (Wildman–Crippen MR) is 99.0 cm³/mol. The first-order valence-electron chi connectivity index (χ1n) is 7.61. The van der Waals surface area contributed by atoms with E-state index in [9.17, 15) is 10.1 Å². The summed E-state index contributed by atoms with van der Waals surface area (Å²) in [6.45, 7) is 0. The second-order valence-corrected chi connectivity index (χ2v) is 5.80. The van der Waals surface area contributed by atoms with Crippen molar-refractivity contribution in [2.75, 3.05) is 18.3 Å². The topological polar surface area (TPSA) is 67.0 Å². The quantitative estimate of drug-likeness (QED) is 0.723. The number of hydrogen-bond acceptors (Lipinski definition) is 3. The number of halogens is 1. The molecule has 0 fully saturated rings. The van der Waals surface area contributed by atoms with Crippen LogP contribution in [0.25, 0.3) is 22.2 Å². The van der Waals surface area contributed by atoms with Gasteiger partial charge in [0.25, 0.3) is 0 Å². The van der Waals surface area contributed by atoms with Gasteiger partial charge in [0.2, 0.25) is 5.91 Å². The lowest BCUT2D eigenvalue weighted by molar-refractivity contribution is -0.113. The minimum absolute atomic E-state index is 0.0919. The summed E-state index contributed by atoms with van der Waals surface area (Å²) in [6.07, 6.45) is 0. The molecule has 5 nitrogen and oxygen atoms in total. The number of ether oxygens (including phenoxy) is 1. The Hall–Kier alpha value is -2.97. The fourth-order valence-electron chi connectivity index (χ4n) is 2.91. The van der Waals surface area contributed by atoms with E-state index in [-0.39, 0.29) is 11.8 Å². The van der Waals surface area contributed by atoms with Gasteiger partial charge < -0.3 is 14.6 Å². The van der Waals surface area contributed by atoms with Crippen LogP contribution in [0.1, 0.15) is 5.56 Å². The van der Waals surface area contributed by atoms with Gasteiger partial charge in [0.15, 0.2) is 0 Å². The smallest absolute Gasteiger partial charge is 0.239 e. The van der Waals surface area contributed by atoms with Crippen molar-refractivity contribution in [1.82, 2.24) is 4.57 Å². The van der Waals surface area contributed by atoms with Crippen molar-refractivity contribution in [3.05, 3.63) is 48.0 Å². The van der Waals surface area contributed by atoms with Crippen molar-refractivity contribution in [2.45, 2.75) is 0 Å². The first kappa shape index (κ1) is 16.9. The van der Waals surface area contributed by atoms with Crippen LogP contribution in [0.4, 0.5) is 5.69 Å². The van der Waals surface area contributed by atoms with Gasteiger partial charge in [-0.15, -0.1) is 11.6 Å². The standard InChI is InChI=1S/C19H16ClN3O2/c1-23-17-8-7-14(25-2)9-15(17)16(11-21)19(23)12-3-5-13(6-4-12)22-18(24)10-20/h3-9H,10H2,1-2H3,(H,22,24). The SMILES string of the molecule is COc1ccc2c(c1)c(C#N)c(-c1ccc(NC(=O)CCl)cc1)n2C. The average molecular weight is 354 g/mol. The molecular weight excluding hydrogens is 338 g/mol. The fraction of sp³-hybridized carbons (Fsp3) is 0.158. The highest BCUT2D eigenvalue weighted by atomic mass is 35.5. The van der Waals surface area contributed by atoms with Crippen LogP contribution in [-0.2, 0) is 11.8 Å². The van der Waals surface area contributed by atoms with Gasteiger partial charge in [-0.2, -0.15) is 5.26 Å². The number of nitriles is 1. The monoisotopic (exact) mass is 353 g/mol. The third kappa shape index (κ3) is 3.04. The molecule has 0 atom stereocenters. The summed E-state index contributed by atoms with van der Waals surface area (Å²) in [6, 6.07) is 15.3. The van der Waals surface area contributed by atoms with E-state index in [0.717, 1.165) is 22.2 Å². The number of rotatable bonds is 4. The summed E-state index contributed by atoms with van der Waals surface area (Å²) in [5.41, 5.74) is 3.91. The van der Waals surface area contributed by atoms with Crippen molar-refractivity contribution in [1.29, 1.82) is 5.26 Å². The van der Waals surface area contributed by atoms with E-state index in [4.69, 9.17) is 16.3 Å². The van der Waals surface area contributed by atoms with E-state index in [0.29, 0.717) is 17.0 Å². The molecule has 0 spiro atoms. The number of alkyl halides is 1. The molecule has 1 amide bonds. The number of carbonyl (C=O) groups is 1. The van der Waals surface area contributed by atoms with Crippen LogP contribution >= 0.6 is 11.6 Å². The molecule has 0 saturated carbocycles. The Labute approximate surface area is 150 Å². The molecular formula is C19H16ClN3O2. The summed E-state index contributed by atoms with van der Waals surface area (Å²) in [4.78, 5) is 11.4. The molecule has 1 aromatic heterocycles. The zero-order chi connectivity index (χ0) is 18.0. The molecule has 0 aliphatic heterocycles.